The first-order chi connectivity index (χ1) is 6.74. The molecule has 0 saturated carbocycles. The van der Waals surface area contributed by atoms with Crippen LogP contribution in [-0.2, 0) is 0 Å². The van der Waals surface area contributed by atoms with Gasteiger partial charge < -0.3 is 0 Å². The highest BCUT2D eigenvalue weighted by Gasteiger charge is 1.97. The number of hydrazone groups is 1. The van der Waals surface area contributed by atoms with Crippen molar-refractivity contribution < 1.29 is 9.28 Å². The lowest BCUT2D eigenvalue weighted by atomic mass is 10.1. The van der Waals surface area contributed by atoms with Gasteiger partial charge in [0, 0.05) is 0 Å². The Morgan fingerprint density at radius 1 is 1.36 bits per heavy atom. The Bertz CT molecular complexity index is 337. The van der Waals surface area contributed by atoms with E-state index in [4.69, 9.17) is 0 Å². The molecule has 2 amide bonds. The van der Waals surface area contributed by atoms with Crippen molar-refractivity contribution >= 4 is 11.7 Å². The molecule has 0 bridgehead atoms. The SMILES string of the molecule is C/C(=N\NC(=O)NF)c1ccccc1. The minimum absolute atomic E-state index is 0.606. The standard InChI is InChI=1S/C9H10FN3O/c1-7(12-13-9(14)11-10)8-5-3-2-4-6-8/h2-6H,1H3,(H2,11,13,14)/b12-7+. The molecule has 0 saturated heterocycles. The Labute approximate surface area is 80.8 Å². The van der Waals surface area contributed by atoms with Gasteiger partial charge in [0.1, 0.15) is 0 Å². The molecule has 0 aliphatic rings. The van der Waals surface area contributed by atoms with E-state index in [0.717, 1.165) is 11.1 Å². The molecule has 0 unspecified atom stereocenters. The third-order valence-corrected chi connectivity index (χ3v) is 1.60. The van der Waals surface area contributed by atoms with Crippen LogP contribution in [0.25, 0.3) is 0 Å². The second-order valence-corrected chi connectivity index (χ2v) is 2.60. The molecule has 0 spiro atoms. The molecule has 0 atom stereocenters. The predicted octanol–water partition coefficient (Wildman–Crippen LogP) is 1.59. The van der Waals surface area contributed by atoms with Crippen molar-refractivity contribution in [3.8, 4) is 0 Å². The number of carbonyl (C=O) groups is 1. The van der Waals surface area contributed by atoms with Crippen LogP contribution in [0.3, 0.4) is 0 Å². The number of carbonyl (C=O) groups excluding carboxylic acids is 1. The number of benzene rings is 1. The minimum atomic E-state index is -0.986. The lowest BCUT2D eigenvalue weighted by molar-refractivity contribution is 0.218. The molecule has 4 nitrogen and oxygen atoms in total. The van der Waals surface area contributed by atoms with Crippen LogP contribution in [-0.4, -0.2) is 11.7 Å². The summed E-state index contributed by atoms with van der Waals surface area (Å²) in [5.74, 6) is 0. The normalized spacial score (nSPS) is 10.9. The van der Waals surface area contributed by atoms with Crippen LogP contribution in [0.4, 0.5) is 9.28 Å². The fraction of sp³-hybridized carbons (Fsp3) is 0.111. The summed E-state index contributed by atoms with van der Waals surface area (Å²) < 4.78 is 11.5. The number of amides is 2. The van der Waals surface area contributed by atoms with E-state index < -0.39 is 6.03 Å². The van der Waals surface area contributed by atoms with Crippen molar-refractivity contribution in [2.24, 2.45) is 5.10 Å². The number of nitrogens with zero attached hydrogens (tertiary/aromatic N) is 1. The van der Waals surface area contributed by atoms with Gasteiger partial charge in [-0.15, -0.1) is 0 Å². The number of halogens is 1. The van der Waals surface area contributed by atoms with Crippen LogP contribution < -0.4 is 11.0 Å². The molecule has 1 aromatic carbocycles. The monoisotopic (exact) mass is 195 g/mol. The molecule has 5 heteroatoms. The van der Waals surface area contributed by atoms with Gasteiger partial charge in [-0.05, 0) is 12.5 Å². The zero-order valence-corrected chi connectivity index (χ0v) is 7.62. The van der Waals surface area contributed by atoms with Crippen molar-refractivity contribution in [1.29, 1.82) is 0 Å². The van der Waals surface area contributed by atoms with E-state index in [-0.39, 0.29) is 0 Å². The van der Waals surface area contributed by atoms with E-state index in [0.29, 0.717) is 5.71 Å². The zero-order valence-electron chi connectivity index (χ0n) is 7.62. The number of hydrogen-bond acceptors (Lipinski definition) is 2. The molecule has 1 aromatic rings. The van der Waals surface area contributed by atoms with E-state index in [2.05, 4.69) is 5.10 Å². The van der Waals surface area contributed by atoms with E-state index in [1.165, 1.54) is 0 Å². The highest BCUT2D eigenvalue weighted by molar-refractivity contribution is 5.99. The molecular formula is C9H10FN3O. The highest BCUT2D eigenvalue weighted by atomic mass is 19.2. The average molecular weight is 195 g/mol. The van der Waals surface area contributed by atoms with E-state index in [1.807, 2.05) is 35.8 Å². The first kappa shape index (κ1) is 10.2. The summed E-state index contributed by atoms with van der Waals surface area (Å²) in [5.41, 5.74) is 4.38. The van der Waals surface area contributed by atoms with Crippen LogP contribution >= 0.6 is 0 Å². The smallest absolute Gasteiger partial charge is 0.244 e. The largest absolute Gasteiger partial charge is 0.363 e. The van der Waals surface area contributed by atoms with Gasteiger partial charge in [0.2, 0.25) is 0 Å². The molecule has 0 aliphatic carbocycles. The maximum atomic E-state index is 11.5. The van der Waals surface area contributed by atoms with Gasteiger partial charge in [-0.3, -0.25) is 0 Å². The molecule has 0 heterocycles. The number of rotatable bonds is 2. The van der Waals surface area contributed by atoms with Crippen molar-refractivity contribution in [3.05, 3.63) is 35.9 Å². The predicted molar refractivity (Wildman–Crippen MR) is 51.4 cm³/mol. The van der Waals surface area contributed by atoms with Gasteiger partial charge in [0.25, 0.3) is 0 Å². The summed E-state index contributed by atoms with van der Waals surface area (Å²) in [7, 11) is 0. The Morgan fingerprint density at radius 3 is 2.57 bits per heavy atom. The molecule has 0 aliphatic heterocycles. The molecule has 0 radical (unpaired) electrons. The third kappa shape index (κ3) is 2.85. The lowest BCUT2D eigenvalue weighted by Crippen LogP contribution is -2.26. The first-order valence-electron chi connectivity index (χ1n) is 4.00. The van der Waals surface area contributed by atoms with E-state index >= 15 is 0 Å². The average Bonchev–Trinajstić information content (AvgIpc) is 2.26. The summed E-state index contributed by atoms with van der Waals surface area (Å²) in [6, 6.07) is 8.27. The van der Waals surface area contributed by atoms with Crippen LogP contribution in [0.5, 0.6) is 0 Å². The van der Waals surface area contributed by atoms with E-state index in [9.17, 15) is 9.28 Å². The first-order valence-corrected chi connectivity index (χ1v) is 4.00. The van der Waals surface area contributed by atoms with Crippen LogP contribution in [0.2, 0.25) is 0 Å². The van der Waals surface area contributed by atoms with Gasteiger partial charge in [-0.2, -0.15) is 10.6 Å². The Balaban J connectivity index is 2.66. The molecule has 1 rings (SSSR count). The lowest BCUT2D eigenvalue weighted by Gasteiger charge is -2.00. The van der Waals surface area contributed by atoms with Crippen molar-refractivity contribution in [2.75, 3.05) is 0 Å². The fourth-order valence-corrected chi connectivity index (χ4v) is 0.900. The van der Waals surface area contributed by atoms with Crippen molar-refractivity contribution in [2.45, 2.75) is 6.92 Å². The fourth-order valence-electron chi connectivity index (χ4n) is 0.900. The quantitative estimate of drug-likeness (QED) is 0.420. The minimum Gasteiger partial charge on any atom is -0.244 e. The second-order valence-electron chi connectivity index (χ2n) is 2.60. The van der Waals surface area contributed by atoms with Crippen LogP contribution in [0.15, 0.2) is 35.4 Å². The van der Waals surface area contributed by atoms with Crippen molar-refractivity contribution in [3.63, 3.8) is 0 Å². The van der Waals surface area contributed by atoms with Gasteiger partial charge >= 0.3 is 6.03 Å². The molecule has 14 heavy (non-hydrogen) atoms. The Morgan fingerprint density at radius 2 is 2.00 bits per heavy atom. The van der Waals surface area contributed by atoms with E-state index in [1.54, 1.807) is 6.92 Å². The molecule has 0 aromatic heterocycles. The summed E-state index contributed by atoms with van der Waals surface area (Å²) in [4.78, 5) is 10.4. The molecule has 2 N–H and O–H groups in total. The summed E-state index contributed by atoms with van der Waals surface area (Å²) >= 11 is 0. The maximum absolute atomic E-state index is 11.5. The summed E-state index contributed by atoms with van der Waals surface area (Å²) in [5, 5.41) is 3.68. The second kappa shape index (κ2) is 4.96. The number of nitrogens with one attached hydrogen (secondary N) is 2. The highest BCUT2D eigenvalue weighted by Crippen LogP contribution is 1.99. The number of urea groups is 1. The molecule has 0 fully saturated rings. The summed E-state index contributed by atoms with van der Waals surface area (Å²) in [6.45, 7) is 1.72. The van der Waals surface area contributed by atoms with Crippen LogP contribution in [0, 0.1) is 0 Å². The van der Waals surface area contributed by atoms with Gasteiger partial charge in [0.15, 0.2) is 0 Å². The zero-order chi connectivity index (χ0) is 10.4. The topological polar surface area (TPSA) is 53.5 Å². The van der Waals surface area contributed by atoms with Gasteiger partial charge in [-0.25, -0.2) is 10.2 Å². The van der Waals surface area contributed by atoms with Gasteiger partial charge in [0.05, 0.1) is 5.71 Å². The summed E-state index contributed by atoms with van der Waals surface area (Å²) in [6.07, 6.45) is 0. The Hall–Kier alpha value is -1.91. The maximum Gasteiger partial charge on any atom is 0.363 e. The molecule has 74 valence electrons. The third-order valence-electron chi connectivity index (χ3n) is 1.60. The molecular weight excluding hydrogens is 185 g/mol. The van der Waals surface area contributed by atoms with Gasteiger partial charge in [-0.1, -0.05) is 34.8 Å². The number of hydrogen-bond donors (Lipinski definition) is 2. The Kier molecular flexibility index (Phi) is 3.60. The van der Waals surface area contributed by atoms with Crippen LogP contribution in [0.1, 0.15) is 12.5 Å². The van der Waals surface area contributed by atoms with Crippen molar-refractivity contribution in [1.82, 2.24) is 11.0 Å².